The van der Waals surface area contributed by atoms with Gasteiger partial charge in [-0.2, -0.15) is 0 Å². The molecule has 0 saturated carbocycles. The molecule has 12 heteroatoms. The number of aliphatic hydroxyl groups excluding tert-OH is 1. The van der Waals surface area contributed by atoms with Crippen molar-refractivity contribution in [2.75, 3.05) is 34.9 Å². The fraction of sp³-hybridized carbons (Fsp3) is 0.800. The number of likely N-dealkylation sites (tertiary alicyclic amines) is 1. The van der Waals surface area contributed by atoms with Crippen LogP contribution in [-0.4, -0.2) is 122 Å². The average Bonchev–Trinajstić information content (AvgIpc) is 3.50. The Morgan fingerprint density at radius 2 is 1.62 bits per heavy atom. The molecule has 0 bridgehead atoms. The van der Waals surface area contributed by atoms with Gasteiger partial charge in [0.2, 0.25) is 23.6 Å². The molecule has 11 atom stereocenters. The maximum atomic E-state index is 14.3. The van der Waals surface area contributed by atoms with E-state index in [1.165, 1.54) is 0 Å². The summed E-state index contributed by atoms with van der Waals surface area (Å²) in [5, 5.41) is 19.9. The molecule has 52 heavy (non-hydrogen) atoms. The lowest BCUT2D eigenvalue weighted by Crippen LogP contribution is -2.59. The second-order valence-electron chi connectivity index (χ2n) is 15.9. The molecule has 0 spiro atoms. The third-order valence-electron chi connectivity index (χ3n) is 11.3. The van der Waals surface area contributed by atoms with E-state index in [0.29, 0.717) is 13.0 Å². The molecule has 0 aromatic carbocycles. The van der Waals surface area contributed by atoms with Gasteiger partial charge in [-0.15, -0.1) is 0 Å². The van der Waals surface area contributed by atoms with Gasteiger partial charge in [0.15, 0.2) is 0 Å². The summed E-state index contributed by atoms with van der Waals surface area (Å²) in [6.45, 7) is 18.0. The van der Waals surface area contributed by atoms with Crippen molar-refractivity contribution in [3.63, 3.8) is 0 Å². The van der Waals surface area contributed by atoms with Crippen molar-refractivity contribution in [2.45, 2.75) is 143 Å². The monoisotopic (exact) mass is 734 g/mol. The number of allylic oxidation sites excluding steroid dienone is 3. The molecule has 2 aliphatic rings. The first kappa shape index (κ1) is 45.4. The lowest BCUT2D eigenvalue weighted by molar-refractivity contribution is -0.148. The van der Waals surface area contributed by atoms with Gasteiger partial charge in [-0.05, 0) is 62.5 Å². The largest absolute Gasteiger partial charge is 0.387 e. The minimum atomic E-state index is -0.793. The van der Waals surface area contributed by atoms with E-state index in [4.69, 9.17) is 9.47 Å². The Morgan fingerprint density at radius 3 is 2.12 bits per heavy atom. The molecule has 1 aliphatic heterocycles. The highest BCUT2D eigenvalue weighted by Crippen LogP contribution is 2.32. The highest BCUT2D eigenvalue weighted by atomic mass is 16.5. The molecule has 0 aromatic rings. The van der Waals surface area contributed by atoms with Gasteiger partial charge in [-0.3, -0.25) is 19.2 Å². The summed E-state index contributed by atoms with van der Waals surface area (Å²) in [5.41, 5.74) is 0.890. The molecule has 4 N–H and O–H groups in total. The zero-order valence-electron chi connectivity index (χ0n) is 34.3. The Kier molecular flexibility index (Phi) is 18.5. The summed E-state index contributed by atoms with van der Waals surface area (Å²) in [5.74, 6) is -1.40. The van der Waals surface area contributed by atoms with Crippen LogP contribution in [0.3, 0.4) is 0 Å². The molecule has 298 valence electrons. The number of aliphatic hydroxyl groups is 1. The lowest BCUT2D eigenvalue weighted by atomic mass is 9.89. The maximum absolute atomic E-state index is 14.3. The molecule has 2 rings (SSSR count). The second kappa shape index (κ2) is 21.2. The van der Waals surface area contributed by atoms with Crippen LogP contribution in [0.15, 0.2) is 23.8 Å². The van der Waals surface area contributed by atoms with Crippen LogP contribution < -0.4 is 16.0 Å². The Labute approximate surface area is 313 Å². The molecule has 12 nitrogen and oxygen atoms in total. The van der Waals surface area contributed by atoms with Gasteiger partial charge in [0, 0.05) is 27.8 Å². The molecule has 1 saturated heterocycles. The summed E-state index contributed by atoms with van der Waals surface area (Å²) < 4.78 is 12.0. The van der Waals surface area contributed by atoms with Gasteiger partial charge in [0.1, 0.15) is 6.04 Å². The predicted octanol–water partition coefficient (Wildman–Crippen LogP) is 3.68. The van der Waals surface area contributed by atoms with E-state index in [0.717, 1.165) is 24.8 Å². The molecule has 1 aliphatic carbocycles. The Bertz CT molecular complexity index is 1240. The van der Waals surface area contributed by atoms with E-state index in [-0.39, 0.29) is 59.8 Å². The highest BCUT2D eigenvalue weighted by molar-refractivity contribution is 5.90. The van der Waals surface area contributed by atoms with Crippen molar-refractivity contribution in [2.24, 2.45) is 29.6 Å². The molecule has 0 radical (unpaired) electrons. The van der Waals surface area contributed by atoms with Crippen LogP contribution in [0.5, 0.6) is 0 Å². The van der Waals surface area contributed by atoms with Crippen LogP contribution in [0.1, 0.15) is 94.4 Å². The minimum absolute atomic E-state index is 0.0163. The van der Waals surface area contributed by atoms with E-state index in [2.05, 4.69) is 29.0 Å². The number of carbonyl (C=O) groups is 4. The van der Waals surface area contributed by atoms with E-state index in [9.17, 15) is 24.3 Å². The second-order valence-corrected chi connectivity index (χ2v) is 15.9. The van der Waals surface area contributed by atoms with Gasteiger partial charge >= 0.3 is 0 Å². The first-order chi connectivity index (χ1) is 24.4. The third-order valence-corrected chi connectivity index (χ3v) is 11.3. The molecule has 4 amide bonds. The normalized spacial score (nSPS) is 22.8. The van der Waals surface area contributed by atoms with Crippen LogP contribution in [0.4, 0.5) is 0 Å². The number of hydrogen-bond donors (Lipinski definition) is 4. The Morgan fingerprint density at radius 1 is 0.981 bits per heavy atom. The van der Waals surface area contributed by atoms with Gasteiger partial charge in [0.05, 0.1) is 54.8 Å². The molecular formula is C40H71N5O7. The Balaban J connectivity index is 2.28. The van der Waals surface area contributed by atoms with Gasteiger partial charge in [0.25, 0.3) is 0 Å². The standard InChI is InChI=1S/C40H71N5O7/c1-14-26(7)35(44(11)40(50)34(24(4)5)43-39(49)33(41-10)23(2)3)31(51-12)21-32(46)45-22-25(6)20-30(45)37(52-13)27(8)38(48)42-28(9)36(47)29-18-16-15-17-19-29/h15-16,18,23-28,30-31,33-37,41,47H,14,17,19-22H2,1-13H3,(H,42,48)(H,43,49)/t25-,26+,27-,28-,30+,31-,33+,34+,35+,36-,37-/m1/s1. The highest BCUT2D eigenvalue weighted by Gasteiger charge is 2.45. The third kappa shape index (κ3) is 11.6. The molecule has 0 unspecified atom stereocenters. The average molecular weight is 734 g/mol. The number of likely N-dealkylation sites (N-methyl/N-ethyl adjacent to an activating group) is 2. The number of methoxy groups -OCH3 is 2. The van der Waals surface area contributed by atoms with Crippen molar-refractivity contribution < 1.29 is 33.8 Å². The number of ether oxygens (including phenoxy) is 2. The van der Waals surface area contributed by atoms with Gasteiger partial charge in [-0.1, -0.05) is 80.0 Å². The zero-order valence-corrected chi connectivity index (χ0v) is 34.3. The SMILES string of the molecule is CC[C@H](C)[C@@H]([C@@H](CC(=O)N1C[C@H](C)C[C@H]1[C@H](OC)[C@@H](C)C(=O)N[C@H](C)[C@@H](O)C1=CC=CCC1)OC)N(C)C(=O)[C@@H](NC(=O)[C@@H](NC)C(C)C)C(C)C. The van der Waals surface area contributed by atoms with Crippen molar-refractivity contribution >= 4 is 23.6 Å². The fourth-order valence-corrected chi connectivity index (χ4v) is 7.91. The van der Waals surface area contributed by atoms with Crippen LogP contribution in [0.25, 0.3) is 0 Å². The summed E-state index contributed by atoms with van der Waals surface area (Å²) in [6, 6.07) is -2.49. The molecular weight excluding hydrogens is 662 g/mol. The van der Waals surface area contributed by atoms with E-state index in [1.807, 2.05) is 58.6 Å². The maximum Gasteiger partial charge on any atom is 0.245 e. The number of rotatable bonds is 20. The summed E-state index contributed by atoms with van der Waals surface area (Å²) in [6.07, 6.45) is 6.95. The summed E-state index contributed by atoms with van der Waals surface area (Å²) >= 11 is 0. The summed E-state index contributed by atoms with van der Waals surface area (Å²) in [4.78, 5) is 58.7. The van der Waals surface area contributed by atoms with Crippen LogP contribution in [0, 0.1) is 29.6 Å². The number of hydrogen-bond acceptors (Lipinski definition) is 8. The van der Waals surface area contributed by atoms with Crippen LogP contribution in [0.2, 0.25) is 0 Å². The van der Waals surface area contributed by atoms with Crippen molar-refractivity contribution in [1.29, 1.82) is 0 Å². The zero-order chi connectivity index (χ0) is 39.4. The molecule has 1 heterocycles. The van der Waals surface area contributed by atoms with Crippen LogP contribution >= 0.6 is 0 Å². The van der Waals surface area contributed by atoms with E-state index < -0.39 is 48.4 Å². The number of nitrogens with zero attached hydrogens (tertiary/aromatic N) is 2. The van der Waals surface area contributed by atoms with Gasteiger partial charge < -0.3 is 40.3 Å². The quantitative estimate of drug-likeness (QED) is 0.148. The van der Waals surface area contributed by atoms with Crippen LogP contribution in [-0.2, 0) is 28.7 Å². The number of amides is 4. The summed E-state index contributed by atoms with van der Waals surface area (Å²) in [7, 11) is 6.60. The van der Waals surface area contributed by atoms with E-state index in [1.54, 1.807) is 47.1 Å². The minimum Gasteiger partial charge on any atom is -0.387 e. The lowest BCUT2D eigenvalue weighted by Gasteiger charge is -2.41. The number of carbonyl (C=O) groups excluding carboxylic acids is 4. The first-order valence-corrected chi connectivity index (χ1v) is 19.4. The van der Waals surface area contributed by atoms with E-state index >= 15 is 0 Å². The molecule has 1 fully saturated rings. The first-order valence-electron chi connectivity index (χ1n) is 19.4. The number of nitrogens with one attached hydrogen (secondary N) is 3. The van der Waals surface area contributed by atoms with Crippen molar-refractivity contribution in [1.82, 2.24) is 25.8 Å². The predicted molar refractivity (Wildman–Crippen MR) is 205 cm³/mol. The van der Waals surface area contributed by atoms with Gasteiger partial charge in [-0.25, -0.2) is 0 Å². The fourth-order valence-electron chi connectivity index (χ4n) is 7.91. The smallest absolute Gasteiger partial charge is 0.245 e. The molecule has 0 aromatic heterocycles. The Hall–Kier alpha value is -2.80. The van der Waals surface area contributed by atoms with Crippen molar-refractivity contribution in [3.05, 3.63) is 23.8 Å². The topological polar surface area (TPSA) is 150 Å². The van der Waals surface area contributed by atoms with Crippen molar-refractivity contribution in [3.8, 4) is 0 Å².